The average molecular weight is 370 g/mol. The van der Waals surface area contributed by atoms with Gasteiger partial charge in [0.25, 0.3) is 5.56 Å². The molecular formula is C20H26N4O3. The lowest BCUT2D eigenvalue weighted by atomic mass is 10.1. The van der Waals surface area contributed by atoms with E-state index >= 15 is 0 Å². The topological polar surface area (TPSA) is 78.5 Å². The van der Waals surface area contributed by atoms with Crippen molar-refractivity contribution in [2.24, 2.45) is 0 Å². The number of anilines is 1. The lowest BCUT2D eigenvalue weighted by Gasteiger charge is -2.28. The van der Waals surface area contributed by atoms with Gasteiger partial charge in [0.2, 0.25) is 11.9 Å². The molecule has 7 nitrogen and oxygen atoms in total. The number of carbonyl (C=O) groups is 1. The number of ether oxygens (including phenoxy) is 1. The van der Waals surface area contributed by atoms with Crippen LogP contribution in [0.4, 0.5) is 5.95 Å². The molecule has 0 radical (unpaired) electrons. The summed E-state index contributed by atoms with van der Waals surface area (Å²) in [5.41, 5.74) is 2.41. The fourth-order valence-electron chi connectivity index (χ4n) is 3.10. The number of benzene rings is 1. The number of aromatic nitrogens is 2. The Balaban J connectivity index is 1.48. The number of aromatic amines is 1. The van der Waals surface area contributed by atoms with E-state index in [4.69, 9.17) is 4.74 Å². The standard InChI is InChI=1S/C20H26N4O3/c1-23(2)20-21-17-13-24(11-10-16(17)19(26)22-20)18(25)9-6-12-27-14-15-7-4-3-5-8-15/h3-5,7-8H,6,9-14H2,1-2H3,(H,21,22,26). The maximum Gasteiger partial charge on any atom is 0.255 e. The van der Waals surface area contributed by atoms with Crippen molar-refractivity contribution in [2.75, 3.05) is 32.1 Å². The van der Waals surface area contributed by atoms with Crippen molar-refractivity contribution in [1.29, 1.82) is 0 Å². The number of hydrogen-bond acceptors (Lipinski definition) is 5. The maximum atomic E-state index is 12.5. The second-order valence-corrected chi connectivity index (χ2v) is 6.92. The van der Waals surface area contributed by atoms with Gasteiger partial charge in [0.15, 0.2) is 0 Å². The normalized spacial score (nSPS) is 13.3. The molecular weight excluding hydrogens is 344 g/mol. The summed E-state index contributed by atoms with van der Waals surface area (Å²) in [6.45, 7) is 2.06. The SMILES string of the molecule is CN(C)c1nc2c(c(=O)[nH]1)CCN(C(=O)CCCOCc1ccccc1)C2. The van der Waals surface area contributed by atoms with Crippen LogP contribution in [0.25, 0.3) is 0 Å². The van der Waals surface area contributed by atoms with Crippen molar-refractivity contribution in [3.8, 4) is 0 Å². The van der Waals surface area contributed by atoms with Crippen molar-refractivity contribution in [2.45, 2.75) is 32.4 Å². The Bertz CT molecular complexity index is 833. The second-order valence-electron chi connectivity index (χ2n) is 6.92. The first kappa shape index (κ1) is 19.1. The fourth-order valence-corrected chi connectivity index (χ4v) is 3.10. The molecule has 1 amide bonds. The van der Waals surface area contributed by atoms with Crippen molar-refractivity contribution >= 4 is 11.9 Å². The van der Waals surface area contributed by atoms with E-state index in [9.17, 15) is 9.59 Å². The van der Waals surface area contributed by atoms with Gasteiger partial charge in [0.05, 0.1) is 18.8 Å². The van der Waals surface area contributed by atoms with E-state index in [1.165, 1.54) is 0 Å². The van der Waals surface area contributed by atoms with Gasteiger partial charge >= 0.3 is 0 Å². The fraction of sp³-hybridized carbons (Fsp3) is 0.450. The summed E-state index contributed by atoms with van der Waals surface area (Å²) in [7, 11) is 3.65. The molecule has 0 saturated carbocycles. The highest BCUT2D eigenvalue weighted by Crippen LogP contribution is 2.17. The highest BCUT2D eigenvalue weighted by molar-refractivity contribution is 5.76. The molecule has 0 bridgehead atoms. The van der Waals surface area contributed by atoms with Gasteiger partial charge in [-0.25, -0.2) is 4.98 Å². The first-order chi connectivity index (χ1) is 13.0. The maximum absolute atomic E-state index is 12.5. The van der Waals surface area contributed by atoms with E-state index in [-0.39, 0.29) is 11.5 Å². The van der Waals surface area contributed by atoms with Crippen LogP contribution in [-0.4, -0.2) is 48.0 Å². The Morgan fingerprint density at radius 1 is 1.30 bits per heavy atom. The lowest BCUT2D eigenvalue weighted by molar-refractivity contribution is -0.132. The van der Waals surface area contributed by atoms with Crippen molar-refractivity contribution < 1.29 is 9.53 Å². The molecule has 1 aliphatic heterocycles. The first-order valence-electron chi connectivity index (χ1n) is 9.23. The Morgan fingerprint density at radius 2 is 2.07 bits per heavy atom. The zero-order chi connectivity index (χ0) is 19.2. The number of nitrogens with one attached hydrogen (secondary N) is 1. The Morgan fingerprint density at radius 3 is 2.81 bits per heavy atom. The molecule has 3 rings (SSSR count). The number of amides is 1. The highest BCUT2D eigenvalue weighted by Gasteiger charge is 2.24. The van der Waals surface area contributed by atoms with Crippen molar-refractivity contribution in [3.05, 3.63) is 57.5 Å². The Labute approximate surface area is 159 Å². The van der Waals surface area contributed by atoms with E-state index in [1.54, 1.807) is 9.80 Å². The van der Waals surface area contributed by atoms with Gasteiger partial charge in [-0.15, -0.1) is 0 Å². The molecule has 2 aromatic rings. The van der Waals surface area contributed by atoms with Crippen LogP contribution in [0.15, 0.2) is 35.1 Å². The van der Waals surface area contributed by atoms with Crippen LogP contribution in [-0.2, 0) is 29.1 Å². The zero-order valence-electron chi connectivity index (χ0n) is 15.9. The summed E-state index contributed by atoms with van der Waals surface area (Å²) < 4.78 is 5.64. The lowest BCUT2D eigenvalue weighted by Crippen LogP contribution is -2.39. The number of carbonyl (C=O) groups excluding carboxylic acids is 1. The summed E-state index contributed by atoms with van der Waals surface area (Å²) in [4.78, 5) is 35.5. The molecule has 1 aromatic heterocycles. The van der Waals surface area contributed by atoms with Crippen LogP contribution >= 0.6 is 0 Å². The van der Waals surface area contributed by atoms with Gasteiger partial charge in [0.1, 0.15) is 0 Å². The molecule has 7 heteroatoms. The van der Waals surface area contributed by atoms with Crippen LogP contribution in [0.3, 0.4) is 0 Å². The third-order valence-corrected chi connectivity index (χ3v) is 4.63. The van der Waals surface area contributed by atoms with E-state index in [2.05, 4.69) is 9.97 Å². The number of hydrogen-bond donors (Lipinski definition) is 1. The Hall–Kier alpha value is -2.67. The summed E-state index contributed by atoms with van der Waals surface area (Å²) in [5, 5.41) is 0. The van der Waals surface area contributed by atoms with Gasteiger partial charge in [0, 0.05) is 39.2 Å². The third-order valence-electron chi connectivity index (χ3n) is 4.63. The molecule has 0 fully saturated rings. The zero-order valence-corrected chi connectivity index (χ0v) is 15.9. The van der Waals surface area contributed by atoms with E-state index in [0.717, 1.165) is 5.56 Å². The molecule has 0 aliphatic carbocycles. The predicted molar refractivity (Wildman–Crippen MR) is 104 cm³/mol. The van der Waals surface area contributed by atoms with Gasteiger partial charge in [-0.05, 0) is 18.4 Å². The molecule has 1 aromatic carbocycles. The van der Waals surface area contributed by atoms with Crippen molar-refractivity contribution in [3.63, 3.8) is 0 Å². The summed E-state index contributed by atoms with van der Waals surface area (Å²) in [6.07, 6.45) is 1.66. The molecule has 144 valence electrons. The van der Waals surface area contributed by atoms with Gasteiger partial charge in [-0.1, -0.05) is 30.3 Å². The minimum absolute atomic E-state index is 0.0810. The van der Waals surface area contributed by atoms with E-state index in [1.807, 2.05) is 44.4 Å². The van der Waals surface area contributed by atoms with Crippen LogP contribution in [0.5, 0.6) is 0 Å². The largest absolute Gasteiger partial charge is 0.377 e. The van der Waals surface area contributed by atoms with E-state index < -0.39 is 0 Å². The molecule has 27 heavy (non-hydrogen) atoms. The van der Waals surface area contributed by atoms with Crippen LogP contribution < -0.4 is 10.5 Å². The average Bonchev–Trinajstić information content (AvgIpc) is 2.67. The molecule has 1 N–H and O–H groups in total. The molecule has 0 atom stereocenters. The van der Waals surface area contributed by atoms with Crippen LogP contribution in [0, 0.1) is 0 Å². The summed E-state index contributed by atoms with van der Waals surface area (Å²) in [6, 6.07) is 9.98. The summed E-state index contributed by atoms with van der Waals surface area (Å²) in [5.74, 6) is 0.597. The molecule has 2 heterocycles. The van der Waals surface area contributed by atoms with Crippen LogP contribution in [0.1, 0.15) is 29.7 Å². The summed E-state index contributed by atoms with van der Waals surface area (Å²) >= 11 is 0. The number of fused-ring (bicyclic) bond motifs is 1. The number of rotatable bonds is 7. The molecule has 1 aliphatic rings. The third kappa shape index (κ3) is 4.95. The van der Waals surface area contributed by atoms with Gasteiger partial charge < -0.3 is 14.5 Å². The molecule has 0 unspecified atom stereocenters. The minimum atomic E-state index is -0.106. The Kier molecular flexibility index (Phi) is 6.24. The van der Waals surface area contributed by atoms with E-state index in [0.29, 0.717) is 62.8 Å². The minimum Gasteiger partial charge on any atom is -0.377 e. The first-order valence-corrected chi connectivity index (χ1v) is 9.23. The smallest absolute Gasteiger partial charge is 0.255 e. The molecule has 0 spiro atoms. The quantitative estimate of drug-likeness (QED) is 0.751. The predicted octanol–water partition coefficient (Wildman–Crippen LogP) is 1.72. The van der Waals surface area contributed by atoms with Gasteiger partial charge in [-0.3, -0.25) is 14.6 Å². The highest BCUT2D eigenvalue weighted by atomic mass is 16.5. The van der Waals surface area contributed by atoms with Crippen LogP contribution in [0.2, 0.25) is 0 Å². The molecule has 0 saturated heterocycles. The number of nitrogens with zero attached hydrogens (tertiary/aromatic N) is 3. The number of H-pyrrole nitrogens is 1. The van der Waals surface area contributed by atoms with Crippen molar-refractivity contribution in [1.82, 2.24) is 14.9 Å². The monoisotopic (exact) mass is 370 g/mol. The second kappa shape index (κ2) is 8.81. The van der Waals surface area contributed by atoms with Gasteiger partial charge in [-0.2, -0.15) is 0 Å².